The van der Waals surface area contributed by atoms with Crippen LogP contribution in [0.5, 0.6) is 0 Å². The highest BCUT2D eigenvalue weighted by Crippen LogP contribution is 2.44. The van der Waals surface area contributed by atoms with E-state index in [2.05, 4.69) is 0 Å². The van der Waals surface area contributed by atoms with Gasteiger partial charge in [0, 0.05) is 11.5 Å². The van der Waals surface area contributed by atoms with Gasteiger partial charge in [0.2, 0.25) is 7.37 Å². The zero-order chi connectivity index (χ0) is 10.6. The number of rotatable bonds is 4. The second-order valence-electron chi connectivity index (χ2n) is 2.88. The van der Waals surface area contributed by atoms with Gasteiger partial charge in [-0.2, -0.15) is 0 Å². The first-order chi connectivity index (χ1) is 6.62. The molecule has 0 aliphatic carbocycles. The molecule has 0 bridgehead atoms. The molecule has 1 atom stereocenters. The summed E-state index contributed by atoms with van der Waals surface area (Å²) in [5.74, 6) is -0.326. The molecule has 1 aromatic rings. The van der Waals surface area contributed by atoms with Gasteiger partial charge in [0.1, 0.15) is 5.82 Å². The molecule has 0 aliphatic heterocycles. The first-order valence-corrected chi connectivity index (χ1v) is 6.43. The fraction of sp³-hybridized carbons (Fsp3) is 0.400. The van der Waals surface area contributed by atoms with Crippen LogP contribution in [0.4, 0.5) is 4.39 Å². The van der Waals surface area contributed by atoms with E-state index >= 15 is 0 Å². The molecule has 0 aliphatic rings. The van der Waals surface area contributed by atoms with E-state index in [-0.39, 0.29) is 5.82 Å². The lowest BCUT2D eigenvalue weighted by Crippen LogP contribution is -2.09. The average Bonchev–Trinajstić information content (AvgIpc) is 2.19. The number of hydrogen-bond acceptors (Lipinski definition) is 2. The Labute approximate surface area is 83.5 Å². The molecule has 14 heavy (non-hydrogen) atoms. The second kappa shape index (κ2) is 4.72. The van der Waals surface area contributed by atoms with Crippen LogP contribution in [0.25, 0.3) is 0 Å². The van der Waals surface area contributed by atoms with Crippen LogP contribution in [0.1, 0.15) is 13.8 Å². The molecule has 0 saturated heterocycles. The molecule has 0 heterocycles. The van der Waals surface area contributed by atoms with Gasteiger partial charge in [0.05, 0.1) is 6.61 Å². The first kappa shape index (κ1) is 11.4. The summed E-state index contributed by atoms with van der Waals surface area (Å²) in [6, 6.07) is 5.65. The molecule has 1 rings (SSSR count). The zero-order valence-corrected chi connectivity index (χ0v) is 9.26. The standard InChI is InChI=1S/C10H14FO2P/c1-3-13-14(12,4-2)10-7-5-9(11)6-8-10/h5-8H,3-4H2,1-2H3. The van der Waals surface area contributed by atoms with Crippen molar-refractivity contribution in [1.82, 2.24) is 0 Å². The van der Waals surface area contributed by atoms with Crippen molar-refractivity contribution >= 4 is 12.7 Å². The van der Waals surface area contributed by atoms with Crippen LogP contribution >= 0.6 is 7.37 Å². The summed E-state index contributed by atoms with van der Waals surface area (Å²) < 4.78 is 30.0. The van der Waals surface area contributed by atoms with Gasteiger partial charge in [0.25, 0.3) is 0 Å². The highest BCUT2D eigenvalue weighted by molar-refractivity contribution is 7.66. The Bertz CT molecular complexity index is 334. The predicted octanol–water partition coefficient (Wildman–Crippen LogP) is 2.79. The van der Waals surface area contributed by atoms with E-state index in [1.807, 2.05) is 0 Å². The minimum absolute atomic E-state index is 0.326. The van der Waals surface area contributed by atoms with Crippen molar-refractivity contribution in [2.45, 2.75) is 13.8 Å². The van der Waals surface area contributed by atoms with E-state index < -0.39 is 7.37 Å². The molecule has 0 amide bonds. The summed E-state index contributed by atoms with van der Waals surface area (Å²) in [5, 5.41) is 0.586. The van der Waals surface area contributed by atoms with Gasteiger partial charge in [-0.1, -0.05) is 6.92 Å². The summed E-state index contributed by atoms with van der Waals surface area (Å²) in [5.41, 5.74) is 0. The number of halogens is 1. The third-order valence-electron chi connectivity index (χ3n) is 1.97. The summed E-state index contributed by atoms with van der Waals surface area (Å²) in [7, 11) is -2.74. The van der Waals surface area contributed by atoms with Gasteiger partial charge < -0.3 is 4.52 Å². The van der Waals surface area contributed by atoms with E-state index in [1.54, 1.807) is 13.8 Å². The van der Waals surface area contributed by atoms with Gasteiger partial charge in [0.15, 0.2) is 0 Å². The van der Waals surface area contributed by atoms with Crippen molar-refractivity contribution in [2.75, 3.05) is 12.8 Å². The summed E-state index contributed by atoms with van der Waals surface area (Å²) in [6.45, 7) is 4.01. The van der Waals surface area contributed by atoms with Crippen LogP contribution in [0.15, 0.2) is 24.3 Å². The number of benzene rings is 1. The van der Waals surface area contributed by atoms with Gasteiger partial charge in [-0.3, -0.25) is 4.57 Å². The largest absolute Gasteiger partial charge is 0.326 e. The van der Waals surface area contributed by atoms with Crippen molar-refractivity contribution in [3.63, 3.8) is 0 Å². The van der Waals surface area contributed by atoms with Crippen molar-refractivity contribution in [1.29, 1.82) is 0 Å². The Balaban J connectivity index is 3.00. The fourth-order valence-electron chi connectivity index (χ4n) is 1.23. The molecule has 2 nitrogen and oxygen atoms in total. The fourth-order valence-corrected chi connectivity index (χ4v) is 2.94. The molecular weight excluding hydrogens is 202 g/mol. The van der Waals surface area contributed by atoms with E-state index in [0.29, 0.717) is 18.1 Å². The van der Waals surface area contributed by atoms with Gasteiger partial charge >= 0.3 is 0 Å². The molecule has 0 radical (unpaired) electrons. The smallest absolute Gasteiger partial charge is 0.231 e. The molecule has 0 saturated carbocycles. The SMILES string of the molecule is CCOP(=O)(CC)c1ccc(F)cc1. The Morgan fingerprint density at radius 3 is 2.29 bits per heavy atom. The highest BCUT2D eigenvalue weighted by Gasteiger charge is 2.22. The van der Waals surface area contributed by atoms with Crippen LogP contribution in [-0.4, -0.2) is 12.8 Å². The highest BCUT2D eigenvalue weighted by atomic mass is 31.2. The topological polar surface area (TPSA) is 26.3 Å². The normalized spacial score (nSPS) is 15.1. The monoisotopic (exact) mass is 216 g/mol. The van der Waals surface area contributed by atoms with E-state index in [1.165, 1.54) is 24.3 Å². The van der Waals surface area contributed by atoms with E-state index in [4.69, 9.17) is 4.52 Å². The molecule has 1 unspecified atom stereocenters. The minimum atomic E-state index is -2.74. The van der Waals surface area contributed by atoms with E-state index in [9.17, 15) is 8.96 Å². The molecular formula is C10H14FO2P. The lowest BCUT2D eigenvalue weighted by molar-refractivity contribution is 0.341. The lowest BCUT2D eigenvalue weighted by Gasteiger charge is -2.15. The molecule has 0 spiro atoms. The lowest BCUT2D eigenvalue weighted by atomic mass is 10.4. The molecule has 78 valence electrons. The first-order valence-electron chi connectivity index (χ1n) is 4.62. The Hall–Kier alpha value is -0.660. The Kier molecular flexibility index (Phi) is 3.85. The molecule has 0 N–H and O–H groups in total. The maximum atomic E-state index is 12.6. The van der Waals surface area contributed by atoms with Crippen molar-refractivity contribution in [2.24, 2.45) is 0 Å². The van der Waals surface area contributed by atoms with Gasteiger partial charge in [-0.05, 0) is 31.2 Å². The van der Waals surface area contributed by atoms with Crippen molar-refractivity contribution < 1.29 is 13.5 Å². The molecule has 0 fully saturated rings. The maximum absolute atomic E-state index is 12.6. The summed E-state index contributed by atoms with van der Waals surface area (Å²) in [4.78, 5) is 0. The number of hydrogen-bond donors (Lipinski definition) is 0. The third kappa shape index (κ3) is 2.43. The Morgan fingerprint density at radius 2 is 1.86 bits per heavy atom. The zero-order valence-electron chi connectivity index (χ0n) is 8.37. The van der Waals surface area contributed by atoms with Gasteiger partial charge in [-0.15, -0.1) is 0 Å². The van der Waals surface area contributed by atoms with Crippen LogP contribution in [0.2, 0.25) is 0 Å². The Morgan fingerprint density at radius 1 is 1.29 bits per heavy atom. The molecule has 0 aromatic heterocycles. The maximum Gasteiger partial charge on any atom is 0.231 e. The van der Waals surface area contributed by atoms with Crippen LogP contribution in [0, 0.1) is 5.82 Å². The average molecular weight is 216 g/mol. The quantitative estimate of drug-likeness (QED) is 0.723. The minimum Gasteiger partial charge on any atom is -0.326 e. The molecule has 1 aromatic carbocycles. The summed E-state index contributed by atoms with van der Waals surface area (Å²) >= 11 is 0. The second-order valence-corrected chi connectivity index (χ2v) is 5.64. The summed E-state index contributed by atoms with van der Waals surface area (Å²) in [6.07, 6.45) is 0.437. The van der Waals surface area contributed by atoms with E-state index in [0.717, 1.165) is 0 Å². The van der Waals surface area contributed by atoms with Crippen LogP contribution in [-0.2, 0) is 9.09 Å². The van der Waals surface area contributed by atoms with Crippen molar-refractivity contribution in [3.8, 4) is 0 Å². The van der Waals surface area contributed by atoms with Crippen LogP contribution < -0.4 is 5.30 Å². The third-order valence-corrected chi connectivity index (χ3v) is 4.57. The molecule has 4 heteroatoms. The van der Waals surface area contributed by atoms with Crippen LogP contribution in [0.3, 0.4) is 0 Å². The van der Waals surface area contributed by atoms with Gasteiger partial charge in [-0.25, -0.2) is 4.39 Å². The van der Waals surface area contributed by atoms with Crippen molar-refractivity contribution in [3.05, 3.63) is 30.1 Å². The predicted molar refractivity (Wildman–Crippen MR) is 55.8 cm³/mol.